The Hall–Kier alpha value is -3.20. The van der Waals surface area contributed by atoms with Gasteiger partial charge in [0.1, 0.15) is 6.04 Å². The first-order chi connectivity index (χ1) is 16.5. The summed E-state index contributed by atoms with van der Waals surface area (Å²) in [6, 6.07) is 14.3. The lowest BCUT2D eigenvalue weighted by molar-refractivity contribution is -0.127. The van der Waals surface area contributed by atoms with Crippen LogP contribution in [0.15, 0.2) is 54.6 Å². The number of likely N-dealkylation sites (tertiary alicyclic amines) is 1. The first-order valence-corrected chi connectivity index (χ1v) is 11.7. The van der Waals surface area contributed by atoms with Gasteiger partial charge in [0.25, 0.3) is 0 Å². The van der Waals surface area contributed by atoms with E-state index in [4.69, 9.17) is 10.5 Å². The summed E-state index contributed by atoms with van der Waals surface area (Å²) < 4.78 is 5.40. The van der Waals surface area contributed by atoms with Crippen LogP contribution in [0.5, 0.6) is 0 Å². The molecule has 2 atom stereocenters. The Kier molecular flexibility index (Phi) is 7.95. The molecule has 2 aliphatic rings. The van der Waals surface area contributed by atoms with E-state index in [0.29, 0.717) is 44.1 Å². The maximum Gasteiger partial charge on any atom is 0.248 e. The highest BCUT2D eigenvalue weighted by Crippen LogP contribution is 2.27. The number of ether oxygens (including phenoxy) is 1. The van der Waals surface area contributed by atoms with Crippen LogP contribution in [0.4, 0.5) is 11.4 Å². The third-order valence-electron chi connectivity index (χ3n) is 6.27. The van der Waals surface area contributed by atoms with E-state index in [-0.39, 0.29) is 17.9 Å². The van der Waals surface area contributed by atoms with Crippen molar-refractivity contribution >= 4 is 29.3 Å². The molecule has 8 nitrogen and oxygen atoms in total. The standard InChI is InChI=1S/C26H32N4O4/c27-22-3-1-2-4-23(22)29-24(32)10-7-18-5-8-19(9-6-18)25(30-14-11-21(31)17-30)26(33)28-20-12-15-34-16-13-20/h1-10,20-21,25,31H,11-17,27H2,(H,28,33)(H,29,32)/b10-7+/t21-,25?/m0/s1. The molecule has 2 amide bonds. The molecule has 4 rings (SSSR count). The van der Waals surface area contributed by atoms with Crippen molar-refractivity contribution in [3.8, 4) is 0 Å². The molecular weight excluding hydrogens is 432 g/mol. The minimum atomic E-state index is -0.470. The Bertz CT molecular complexity index is 1020. The molecule has 0 radical (unpaired) electrons. The van der Waals surface area contributed by atoms with Crippen LogP contribution in [-0.4, -0.2) is 60.3 Å². The van der Waals surface area contributed by atoms with Gasteiger partial charge in [-0.1, -0.05) is 36.4 Å². The molecule has 0 spiro atoms. The zero-order valence-corrected chi connectivity index (χ0v) is 19.2. The van der Waals surface area contributed by atoms with Gasteiger partial charge in [0.05, 0.1) is 17.5 Å². The average molecular weight is 465 g/mol. The first kappa shape index (κ1) is 23.9. The van der Waals surface area contributed by atoms with E-state index in [9.17, 15) is 14.7 Å². The number of β-amino-alcohol motifs (C(OH)–C–C–N with tert-alkyl or cyclic N) is 1. The van der Waals surface area contributed by atoms with Gasteiger partial charge in [-0.3, -0.25) is 14.5 Å². The van der Waals surface area contributed by atoms with Gasteiger partial charge >= 0.3 is 0 Å². The molecule has 2 fully saturated rings. The minimum absolute atomic E-state index is 0.0517. The van der Waals surface area contributed by atoms with Crippen LogP contribution < -0.4 is 16.4 Å². The second-order valence-corrected chi connectivity index (χ2v) is 8.81. The Morgan fingerprint density at radius 1 is 1.09 bits per heavy atom. The van der Waals surface area contributed by atoms with Crippen molar-refractivity contribution in [2.75, 3.05) is 37.4 Å². The number of carbonyl (C=O) groups is 2. The molecule has 180 valence electrons. The number of benzene rings is 2. The number of para-hydroxylation sites is 2. The van der Waals surface area contributed by atoms with Gasteiger partial charge in [-0.15, -0.1) is 0 Å². The SMILES string of the molecule is Nc1ccccc1NC(=O)/C=C/c1ccc(C(C(=O)NC2CCOCC2)N2CC[C@H](O)C2)cc1. The molecule has 34 heavy (non-hydrogen) atoms. The Morgan fingerprint density at radius 2 is 1.82 bits per heavy atom. The monoisotopic (exact) mass is 464 g/mol. The Balaban J connectivity index is 1.43. The molecule has 1 unspecified atom stereocenters. The number of hydrogen-bond acceptors (Lipinski definition) is 6. The summed E-state index contributed by atoms with van der Waals surface area (Å²) in [6.07, 6.45) is 5.02. The van der Waals surface area contributed by atoms with Crippen molar-refractivity contribution in [2.45, 2.75) is 37.5 Å². The van der Waals surface area contributed by atoms with Crippen LogP contribution in [0.1, 0.15) is 36.4 Å². The highest BCUT2D eigenvalue weighted by Gasteiger charge is 2.34. The van der Waals surface area contributed by atoms with Crippen molar-refractivity contribution in [1.29, 1.82) is 0 Å². The second-order valence-electron chi connectivity index (χ2n) is 8.81. The lowest BCUT2D eigenvalue weighted by Gasteiger charge is -2.30. The molecular formula is C26H32N4O4. The van der Waals surface area contributed by atoms with Crippen molar-refractivity contribution in [1.82, 2.24) is 10.2 Å². The molecule has 2 aromatic carbocycles. The van der Waals surface area contributed by atoms with E-state index < -0.39 is 12.1 Å². The van der Waals surface area contributed by atoms with Gasteiger partial charge in [-0.05, 0) is 48.6 Å². The van der Waals surface area contributed by atoms with Crippen molar-refractivity contribution in [2.24, 2.45) is 0 Å². The smallest absolute Gasteiger partial charge is 0.248 e. The number of nitrogens with zero attached hydrogens (tertiary/aromatic N) is 1. The van der Waals surface area contributed by atoms with Gasteiger partial charge in [0.2, 0.25) is 11.8 Å². The highest BCUT2D eigenvalue weighted by molar-refractivity contribution is 6.03. The normalized spacial score (nSPS) is 20.3. The van der Waals surface area contributed by atoms with Crippen LogP contribution in [0, 0.1) is 0 Å². The number of amides is 2. The van der Waals surface area contributed by atoms with Gasteiger partial charge in [-0.25, -0.2) is 0 Å². The summed E-state index contributed by atoms with van der Waals surface area (Å²) in [5.74, 6) is -0.328. The first-order valence-electron chi connectivity index (χ1n) is 11.7. The van der Waals surface area contributed by atoms with Crippen LogP contribution in [0.3, 0.4) is 0 Å². The number of aliphatic hydroxyl groups is 1. The lowest BCUT2D eigenvalue weighted by Crippen LogP contribution is -2.45. The number of aliphatic hydroxyl groups excluding tert-OH is 1. The van der Waals surface area contributed by atoms with Crippen molar-refractivity contribution in [3.63, 3.8) is 0 Å². The third kappa shape index (κ3) is 6.22. The molecule has 0 aliphatic carbocycles. The molecule has 0 bridgehead atoms. The molecule has 5 N–H and O–H groups in total. The van der Waals surface area contributed by atoms with E-state index in [1.54, 1.807) is 18.2 Å². The molecule has 0 aromatic heterocycles. The maximum absolute atomic E-state index is 13.3. The van der Waals surface area contributed by atoms with Gasteiger partial charge < -0.3 is 26.2 Å². The Labute approximate surface area is 199 Å². The molecule has 2 aliphatic heterocycles. The zero-order chi connectivity index (χ0) is 23.9. The predicted octanol–water partition coefficient (Wildman–Crippen LogP) is 2.32. The summed E-state index contributed by atoms with van der Waals surface area (Å²) in [7, 11) is 0. The highest BCUT2D eigenvalue weighted by atomic mass is 16.5. The third-order valence-corrected chi connectivity index (χ3v) is 6.27. The van der Waals surface area contributed by atoms with Crippen molar-refractivity contribution in [3.05, 3.63) is 65.7 Å². The largest absolute Gasteiger partial charge is 0.397 e. The lowest BCUT2D eigenvalue weighted by atomic mass is 10.0. The number of nitrogens with two attached hydrogens (primary N) is 1. The fourth-order valence-electron chi connectivity index (χ4n) is 4.40. The number of carbonyl (C=O) groups excluding carboxylic acids is 2. The zero-order valence-electron chi connectivity index (χ0n) is 19.2. The summed E-state index contributed by atoms with van der Waals surface area (Å²) in [4.78, 5) is 27.5. The quantitative estimate of drug-likeness (QED) is 0.369. The van der Waals surface area contributed by atoms with Crippen molar-refractivity contribution < 1.29 is 19.4 Å². The molecule has 2 heterocycles. The van der Waals surface area contributed by atoms with E-state index in [1.165, 1.54) is 6.08 Å². The summed E-state index contributed by atoms with van der Waals surface area (Å²) in [6.45, 7) is 2.45. The molecule has 2 aromatic rings. The summed E-state index contributed by atoms with van der Waals surface area (Å²) >= 11 is 0. The predicted molar refractivity (Wildman–Crippen MR) is 132 cm³/mol. The van der Waals surface area contributed by atoms with E-state index in [2.05, 4.69) is 10.6 Å². The molecule has 2 saturated heterocycles. The molecule has 0 saturated carbocycles. The summed E-state index contributed by atoms with van der Waals surface area (Å²) in [5, 5.41) is 16.0. The van der Waals surface area contributed by atoms with E-state index in [1.807, 2.05) is 41.3 Å². The van der Waals surface area contributed by atoms with Gasteiger partial charge in [0, 0.05) is 38.4 Å². The maximum atomic E-state index is 13.3. The topological polar surface area (TPSA) is 117 Å². The Morgan fingerprint density at radius 3 is 2.50 bits per heavy atom. The number of anilines is 2. The van der Waals surface area contributed by atoms with Gasteiger partial charge in [-0.2, -0.15) is 0 Å². The van der Waals surface area contributed by atoms with Crippen LogP contribution in [0.25, 0.3) is 6.08 Å². The minimum Gasteiger partial charge on any atom is -0.397 e. The van der Waals surface area contributed by atoms with E-state index >= 15 is 0 Å². The van der Waals surface area contributed by atoms with Crippen LogP contribution >= 0.6 is 0 Å². The van der Waals surface area contributed by atoms with Gasteiger partial charge in [0.15, 0.2) is 0 Å². The average Bonchev–Trinajstić information content (AvgIpc) is 3.26. The number of hydrogen-bond donors (Lipinski definition) is 4. The molecule has 8 heteroatoms. The fraction of sp³-hybridized carbons (Fsp3) is 0.385. The second kappa shape index (κ2) is 11.3. The van der Waals surface area contributed by atoms with Crippen LogP contribution in [0.2, 0.25) is 0 Å². The number of nitrogens with one attached hydrogen (secondary N) is 2. The number of rotatable bonds is 7. The fourth-order valence-corrected chi connectivity index (χ4v) is 4.40. The summed E-state index contributed by atoms with van der Waals surface area (Å²) in [5.41, 5.74) is 8.64. The van der Waals surface area contributed by atoms with Crippen LogP contribution in [-0.2, 0) is 14.3 Å². The number of nitrogen functional groups attached to an aromatic ring is 1. The van der Waals surface area contributed by atoms with E-state index in [0.717, 1.165) is 24.0 Å².